The number of nitrogens with one attached hydrogen (secondary N) is 1. The lowest BCUT2D eigenvalue weighted by Gasteiger charge is -2.24. The first-order chi connectivity index (χ1) is 10.6. The minimum atomic E-state index is -1.13. The minimum Gasteiger partial charge on any atom is -0.479 e. The van der Waals surface area contributed by atoms with E-state index in [0.717, 1.165) is 22.2 Å². The second kappa shape index (κ2) is 5.96. The molecular formula is C16H16N2O3S. The molecule has 0 bridgehead atoms. The van der Waals surface area contributed by atoms with Crippen molar-refractivity contribution < 1.29 is 14.7 Å². The van der Waals surface area contributed by atoms with E-state index < -0.39 is 11.5 Å². The molecule has 1 fully saturated rings. The van der Waals surface area contributed by atoms with Gasteiger partial charge in [-0.25, -0.2) is 4.79 Å². The zero-order valence-electron chi connectivity index (χ0n) is 11.9. The number of thioether (sulfide) groups is 1. The van der Waals surface area contributed by atoms with Gasteiger partial charge in [-0.1, -0.05) is 24.3 Å². The number of aromatic nitrogens is 1. The number of carboxylic acid groups (broad SMARTS) is 1. The summed E-state index contributed by atoms with van der Waals surface area (Å²) in [5.74, 6) is -0.0606. The van der Waals surface area contributed by atoms with Crippen molar-refractivity contribution in [2.24, 2.45) is 0 Å². The molecule has 3 rings (SSSR count). The predicted octanol–water partition coefficient (Wildman–Crippen LogP) is 1.85. The number of nitrogens with zero attached hydrogens (tertiary/aromatic N) is 1. The number of para-hydroxylation sites is 1. The minimum absolute atomic E-state index is 0.133. The maximum atomic E-state index is 12.3. The van der Waals surface area contributed by atoms with Crippen molar-refractivity contribution in [3.63, 3.8) is 0 Å². The van der Waals surface area contributed by atoms with Crippen molar-refractivity contribution in [2.75, 3.05) is 11.5 Å². The van der Waals surface area contributed by atoms with Crippen LogP contribution in [0.1, 0.15) is 12.0 Å². The maximum Gasteiger partial charge on any atom is 0.330 e. The summed E-state index contributed by atoms with van der Waals surface area (Å²) in [4.78, 5) is 28.1. The molecule has 1 aromatic carbocycles. The monoisotopic (exact) mass is 316 g/mol. The van der Waals surface area contributed by atoms with E-state index in [2.05, 4.69) is 10.3 Å². The van der Waals surface area contributed by atoms with Crippen LogP contribution in [0.15, 0.2) is 36.5 Å². The highest BCUT2D eigenvalue weighted by Gasteiger charge is 2.43. The van der Waals surface area contributed by atoms with Gasteiger partial charge in [0.05, 0.1) is 11.9 Å². The summed E-state index contributed by atoms with van der Waals surface area (Å²) in [6.07, 6.45) is 2.29. The largest absolute Gasteiger partial charge is 0.479 e. The third-order valence-corrected chi connectivity index (χ3v) is 5.07. The van der Waals surface area contributed by atoms with Crippen LogP contribution >= 0.6 is 11.8 Å². The number of pyridine rings is 1. The molecule has 1 atom stereocenters. The Labute approximate surface area is 132 Å². The summed E-state index contributed by atoms with van der Waals surface area (Å²) in [7, 11) is 0. The third-order valence-electron chi connectivity index (χ3n) is 3.88. The highest BCUT2D eigenvalue weighted by atomic mass is 32.2. The fourth-order valence-electron chi connectivity index (χ4n) is 2.68. The van der Waals surface area contributed by atoms with Crippen LogP contribution < -0.4 is 5.32 Å². The quantitative estimate of drug-likeness (QED) is 0.900. The SMILES string of the molecule is O=C(Cc1cccc2cccnc12)NC1(C(=O)O)CCSC1. The Balaban J connectivity index is 1.80. The van der Waals surface area contributed by atoms with Crippen LogP contribution in [-0.2, 0) is 16.0 Å². The molecule has 1 aliphatic rings. The van der Waals surface area contributed by atoms with Crippen molar-refractivity contribution in [1.82, 2.24) is 10.3 Å². The van der Waals surface area contributed by atoms with E-state index in [0.29, 0.717) is 12.2 Å². The Morgan fingerprint density at radius 3 is 2.86 bits per heavy atom. The van der Waals surface area contributed by atoms with Gasteiger partial charge in [0.1, 0.15) is 5.54 Å². The molecule has 1 aliphatic heterocycles. The lowest BCUT2D eigenvalue weighted by molar-refractivity contribution is -0.146. The van der Waals surface area contributed by atoms with Crippen LogP contribution in [0.2, 0.25) is 0 Å². The van der Waals surface area contributed by atoms with Gasteiger partial charge >= 0.3 is 5.97 Å². The first-order valence-corrected chi connectivity index (χ1v) is 8.21. The summed E-state index contributed by atoms with van der Waals surface area (Å²) in [6.45, 7) is 0. The van der Waals surface area contributed by atoms with E-state index in [1.807, 2.05) is 30.3 Å². The van der Waals surface area contributed by atoms with Crippen molar-refractivity contribution in [3.05, 3.63) is 42.1 Å². The third kappa shape index (κ3) is 2.78. The Bertz CT molecular complexity index is 721. The normalized spacial score (nSPS) is 20.9. The molecule has 1 amide bonds. The number of carboxylic acids is 1. The van der Waals surface area contributed by atoms with Crippen LogP contribution in [0.5, 0.6) is 0 Å². The molecular weight excluding hydrogens is 300 g/mol. The van der Waals surface area contributed by atoms with E-state index in [1.54, 1.807) is 18.0 Å². The van der Waals surface area contributed by atoms with Gasteiger partial charge in [-0.05, 0) is 23.8 Å². The van der Waals surface area contributed by atoms with E-state index in [4.69, 9.17) is 0 Å². The summed E-state index contributed by atoms with van der Waals surface area (Å²) >= 11 is 1.55. The Morgan fingerprint density at radius 1 is 1.32 bits per heavy atom. The predicted molar refractivity (Wildman–Crippen MR) is 85.9 cm³/mol. The lowest BCUT2D eigenvalue weighted by atomic mass is 9.98. The van der Waals surface area contributed by atoms with Crippen molar-refractivity contribution in [2.45, 2.75) is 18.4 Å². The van der Waals surface area contributed by atoms with Crippen LogP contribution in [-0.4, -0.2) is 39.0 Å². The van der Waals surface area contributed by atoms with Crippen molar-refractivity contribution in [3.8, 4) is 0 Å². The van der Waals surface area contributed by atoms with Gasteiger partial charge in [0.25, 0.3) is 0 Å². The van der Waals surface area contributed by atoms with Gasteiger partial charge < -0.3 is 10.4 Å². The zero-order chi connectivity index (χ0) is 15.6. The summed E-state index contributed by atoms with van der Waals surface area (Å²) in [5.41, 5.74) is 0.465. The van der Waals surface area contributed by atoms with E-state index in [9.17, 15) is 14.7 Å². The Morgan fingerprint density at radius 2 is 2.14 bits per heavy atom. The molecule has 114 valence electrons. The topological polar surface area (TPSA) is 79.3 Å². The molecule has 2 heterocycles. The Kier molecular flexibility index (Phi) is 4.02. The fraction of sp³-hybridized carbons (Fsp3) is 0.312. The molecule has 1 saturated heterocycles. The molecule has 6 heteroatoms. The number of aliphatic carboxylic acids is 1. The number of amides is 1. The number of carbonyl (C=O) groups excluding carboxylic acids is 1. The average molecular weight is 316 g/mol. The molecule has 2 aromatic rings. The van der Waals surface area contributed by atoms with Gasteiger partial charge in [0.2, 0.25) is 5.91 Å². The molecule has 0 saturated carbocycles. The van der Waals surface area contributed by atoms with Gasteiger partial charge in [-0.2, -0.15) is 11.8 Å². The first-order valence-electron chi connectivity index (χ1n) is 7.05. The van der Waals surface area contributed by atoms with Crippen molar-refractivity contribution in [1.29, 1.82) is 0 Å². The Hall–Kier alpha value is -2.08. The summed E-state index contributed by atoms with van der Waals surface area (Å²) in [5, 5.41) is 13.1. The molecule has 22 heavy (non-hydrogen) atoms. The number of carbonyl (C=O) groups is 2. The van der Waals surface area contributed by atoms with E-state index in [-0.39, 0.29) is 12.3 Å². The van der Waals surface area contributed by atoms with Crippen LogP contribution in [0.25, 0.3) is 10.9 Å². The summed E-state index contributed by atoms with van der Waals surface area (Å²) in [6, 6.07) is 9.46. The van der Waals surface area contributed by atoms with Crippen LogP contribution in [0, 0.1) is 0 Å². The van der Waals surface area contributed by atoms with Gasteiger partial charge in [0.15, 0.2) is 0 Å². The first kappa shape index (κ1) is 14.8. The van der Waals surface area contributed by atoms with Gasteiger partial charge in [0, 0.05) is 17.3 Å². The summed E-state index contributed by atoms with van der Waals surface area (Å²) < 4.78 is 0. The molecule has 1 unspecified atom stereocenters. The van der Waals surface area contributed by atoms with E-state index in [1.165, 1.54) is 0 Å². The van der Waals surface area contributed by atoms with Gasteiger partial charge in [-0.3, -0.25) is 9.78 Å². The van der Waals surface area contributed by atoms with Gasteiger partial charge in [-0.15, -0.1) is 0 Å². The standard InChI is InChI=1S/C16H16N2O3S/c19-13(18-16(15(20)21)6-8-22-10-16)9-12-4-1-3-11-5-2-7-17-14(11)12/h1-5,7H,6,8-10H2,(H,18,19)(H,20,21). The number of hydrogen-bond donors (Lipinski definition) is 2. The second-order valence-corrected chi connectivity index (χ2v) is 6.51. The average Bonchev–Trinajstić information content (AvgIpc) is 2.97. The molecule has 1 aromatic heterocycles. The number of fused-ring (bicyclic) bond motifs is 1. The highest BCUT2D eigenvalue weighted by Crippen LogP contribution is 2.28. The maximum absolute atomic E-state index is 12.3. The zero-order valence-corrected chi connectivity index (χ0v) is 12.7. The molecule has 0 radical (unpaired) electrons. The molecule has 2 N–H and O–H groups in total. The van der Waals surface area contributed by atoms with Crippen LogP contribution in [0.3, 0.4) is 0 Å². The van der Waals surface area contributed by atoms with E-state index >= 15 is 0 Å². The second-order valence-electron chi connectivity index (χ2n) is 5.41. The molecule has 5 nitrogen and oxygen atoms in total. The highest BCUT2D eigenvalue weighted by molar-refractivity contribution is 7.99. The number of hydrogen-bond acceptors (Lipinski definition) is 4. The number of rotatable bonds is 4. The molecule has 0 spiro atoms. The fourth-order valence-corrected chi connectivity index (χ4v) is 4.01. The smallest absolute Gasteiger partial charge is 0.330 e. The van der Waals surface area contributed by atoms with Crippen molar-refractivity contribution >= 4 is 34.5 Å². The lowest BCUT2D eigenvalue weighted by Crippen LogP contribution is -2.55. The number of benzene rings is 1. The molecule has 0 aliphatic carbocycles. The van der Waals surface area contributed by atoms with Crippen LogP contribution in [0.4, 0.5) is 0 Å².